The summed E-state index contributed by atoms with van der Waals surface area (Å²) in [7, 11) is 0. The highest BCUT2D eigenvalue weighted by Crippen LogP contribution is 2.12. The predicted octanol–water partition coefficient (Wildman–Crippen LogP) is 1.38. The van der Waals surface area contributed by atoms with Gasteiger partial charge in [-0.1, -0.05) is 6.92 Å². The molecule has 0 bridgehead atoms. The first kappa shape index (κ1) is 9.99. The molecular weight excluding hydrogens is 164 g/mol. The first-order chi connectivity index (χ1) is 6.34. The lowest BCUT2D eigenvalue weighted by Crippen LogP contribution is -2.20. The fraction of sp³-hybridized carbons (Fsp3) is 0.500. The minimum absolute atomic E-state index is 0.695. The number of hydrogen-bond acceptors (Lipinski definition) is 3. The van der Waals surface area contributed by atoms with Gasteiger partial charge >= 0.3 is 0 Å². The van der Waals surface area contributed by atoms with Crippen molar-refractivity contribution in [2.24, 2.45) is 0 Å². The summed E-state index contributed by atoms with van der Waals surface area (Å²) in [6, 6.07) is 3.82. The smallest absolute Gasteiger partial charge is 0.140 e. The summed E-state index contributed by atoms with van der Waals surface area (Å²) in [4.78, 5) is 4.13. The van der Waals surface area contributed by atoms with Crippen molar-refractivity contribution in [3.8, 4) is 5.75 Å². The van der Waals surface area contributed by atoms with Crippen molar-refractivity contribution < 1.29 is 4.74 Å². The average Bonchev–Trinajstić information content (AvgIpc) is 2.15. The normalized spacial score (nSPS) is 10.0. The Kier molecular flexibility index (Phi) is 4.26. The van der Waals surface area contributed by atoms with Crippen LogP contribution in [0.4, 0.5) is 0 Å². The molecule has 1 aromatic heterocycles. The Morgan fingerprint density at radius 2 is 2.38 bits per heavy atom. The molecule has 0 aliphatic heterocycles. The number of likely N-dealkylation sites (N-methyl/N-ethyl adjacent to an activating group) is 1. The number of ether oxygens (including phenoxy) is 1. The van der Waals surface area contributed by atoms with Crippen molar-refractivity contribution in [1.29, 1.82) is 0 Å². The molecule has 1 aromatic rings. The number of pyridine rings is 1. The summed E-state index contributed by atoms with van der Waals surface area (Å²) in [6.45, 7) is 6.58. The minimum Gasteiger partial charge on any atom is -0.490 e. The first-order valence-electron chi connectivity index (χ1n) is 4.59. The van der Waals surface area contributed by atoms with Crippen molar-refractivity contribution in [3.63, 3.8) is 0 Å². The SMILES string of the molecule is CCNCCOc1cccnc1C. The molecule has 3 heteroatoms. The van der Waals surface area contributed by atoms with Gasteiger partial charge in [0.2, 0.25) is 0 Å². The second kappa shape index (κ2) is 5.54. The Hall–Kier alpha value is -1.09. The van der Waals surface area contributed by atoms with E-state index < -0.39 is 0 Å². The van der Waals surface area contributed by atoms with Crippen LogP contribution in [0, 0.1) is 6.92 Å². The zero-order valence-corrected chi connectivity index (χ0v) is 8.21. The van der Waals surface area contributed by atoms with E-state index in [9.17, 15) is 0 Å². The van der Waals surface area contributed by atoms with Gasteiger partial charge < -0.3 is 10.1 Å². The zero-order valence-electron chi connectivity index (χ0n) is 8.21. The number of aromatic nitrogens is 1. The van der Waals surface area contributed by atoms with Crippen LogP contribution in [0.3, 0.4) is 0 Å². The topological polar surface area (TPSA) is 34.1 Å². The molecule has 0 fully saturated rings. The lowest BCUT2D eigenvalue weighted by atomic mass is 10.3. The van der Waals surface area contributed by atoms with E-state index in [-0.39, 0.29) is 0 Å². The van der Waals surface area contributed by atoms with Crippen LogP contribution in [-0.2, 0) is 0 Å². The summed E-state index contributed by atoms with van der Waals surface area (Å²) in [6.07, 6.45) is 1.77. The van der Waals surface area contributed by atoms with E-state index in [1.165, 1.54) is 0 Å². The maximum absolute atomic E-state index is 5.51. The summed E-state index contributed by atoms with van der Waals surface area (Å²) in [5, 5.41) is 3.19. The first-order valence-corrected chi connectivity index (χ1v) is 4.59. The van der Waals surface area contributed by atoms with Crippen molar-refractivity contribution >= 4 is 0 Å². The Balaban J connectivity index is 2.32. The largest absolute Gasteiger partial charge is 0.490 e. The quantitative estimate of drug-likeness (QED) is 0.695. The molecule has 0 radical (unpaired) electrons. The van der Waals surface area contributed by atoms with Crippen molar-refractivity contribution in [2.75, 3.05) is 19.7 Å². The third-order valence-electron chi connectivity index (χ3n) is 1.74. The van der Waals surface area contributed by atoms with Gasteiger partial charge in [0.1, 0.15) is 12.4 Å². The summed E-state index contributed by atoms with van der Waals surface area (Å²) < 4.78 is 5.51. The molecule has 0 aromatic carbocycles. The standard InChI is InChI=1S/C10H16N2O/c1-3-11-7-8-13-10-5-4-6-12-9(10)2/h4-6,11H,3,7-8H2,1-2H3. The van der Waals surface area contributed by atoms with Gasteiger partial charge in [0.05, 0.1) is 5.69 Å². The van der Waals surface area contributed by atoms with Crippen LogP contribution in [0.15, 0.2) is 18.3 Å². The van der Waals surface area contributed by atoms with Crippen molar-refractivity contribution in [1.82, 2.24) is 10.3 Å². The van der Waals surface area contributed by atoms with E-state index in [0.717, 1.165) is 24.5 Å². The molecule has 0 aliphatic carbocycles. The molecule has 72 valence electrons. The number of aryl methyl sites for hydroxylation is 1. The van der Waals surface area contributed by atoms with E-state index in [0.29, 0.717) is 6.61 Å². The van der Waals surface area contributed by atoms with Crippen molar-refractivity contribution in [3.05, 3.63) is 24.0 Å². The lowest BCUT2D eigenvalue weighted by Gasteiger charge is -2.07. The zero-order chi connectivity index (χ0) is 9.52. The van der Waals surface area contributed by atoms with Crippen LogP contribution in [0.5, 0.6) is 5.75 Å². The fourth-order valence-corrected chi connectivity index (χ4v) is 1.03. The highest BCUT2D eigenvalue weighted by atomic mass is 16.5. The number of rotatable bonds is 5. The Labute approximate surface area is 79.1 Å². The second-order valence-corrected chi connectivity index (χ2v) is 2.79. The van der Waals surface area contributed by atoms with Gasteiger partial charge in [-0.2, -0.15) is 0 Å². The summed E-state index contributed by atoms with van der Waals surface area (Å²) in [5.74, 6) is 0.875. The van der Waals surface area contributed by atoms with E-state index in [4.69, 9.17) is 4.74 Å². The van der Waals surface area contributed by atoms with E-state index in [1.54, 1.807) is 6.20 Å². The molecule has 0 spiro atoms. The van der Waals surface area contributed by atoms with Crippen molar-refractivity contribution in [2.45, 2.75) is 13.8 Å². The third-order valence-corrected chi connectivity index (χ3v) is 1.74. The highest BCUT2D eigenvalue weighted by molar-refractivity contribution is 5.25. The monoisotopic (exact) mass is 180 g/mol. The van der Waals surface area contributed by atoms with E-state index >= 15 is 0 Å². The van der Waals surface area contributed by atoms with Gasteiger partial charge in [0.25, 0.3) is 0 Å². The van der Waals surface area contributed by atoms with Gasteiger partial charge in [-0.3, -0.25) is 4.98 Å². The van der Waals surface area contributed by atoms with Crippen LogP contribution >= 0.6 is 0 Å². The molecule has 13 heavy (non-hydrogen) atoms. The number of nitrogens with zero attached hydrogens (tertiary/aromatic N) is 1. The molecular formula is C10H16N2O. The molecule has 3 nitrogen and oxygen atoms in total. The minimum atomic E-state index is 0.695. The molecule has 0 atom stereocenters. The molecule has 1 heterocycles. The predicted molar refractivity (Wildman–Crippen MR) is 53.0 cm³/mol. The average molecular weight is 180 g/mol. The molecule has 0 amide bonds. The van der Waals surface area contributed by atoms with Crippen LogP contribution in [0.25, 0.3) is 0 Å². The number of hydrogen-bond donors (Lipinski definition) is 1. The number of nitrogens with one attached hydrogen (secondary N) is 1. The van der Waals surface area contributed by atoms with Crippen LogP contribution < -0.4 is 10.1 Å². The summed E-state index contributed by atoms with van der Waals surface area (Å²) in [5.41, 5.74) is 0.944. The maximum Gasteiger partial charge on any atom is 0.140 e. The third kappa shape index (κ3) is 3.42. The molecule has 0 unspecified atom stereocenters. The van der Waals surface area contributed by atoms with E-state index in [1.807, 2.05) is 19.1 Å². The van der Waals surface area contributed by atoms with Gasteiger partial charge in [-0.25, -0.2) is 0 Å². The second-order valence-electron chi connectivity index (χ2n) is 2.79. The van der Waals surface area contributed by atoms with Gasteiger partial charge in [-0.05, 0) is 25.6 Å². The van der Waals surface area contributed by atoms with Crippen LogP contribution in [-0.4, -0.2) is 24.7 Å². The van der Waals surface area contributed by atoms with Crippen LogP contribution in [0.2, 0.25) is 0 Å². The van der Waals surface area contributed by atoms with Gasteiger partial charge in [-0.15, -0.1) is 0 Å². The van der Waals surface area contributed by atoms with Gasteiger partial charge in [0.15, 0.2) is 0 Å². The Morgan fingerprint density at radius 1 is 1.54 bits per heavy atom. The van der Waals surface area contributed by atoms with E-state index in [2.05, 4.69) is 17.2 Å². The Bertz CT molecular complexity index is 250. The molecule has 0 saturated carbocycles. The molecule has 0 aliphatic rings. The lowest BCUT2D eigenvalue weighted by molar-refractivity contribution is 0.312. The fourth-order valence-electron chi connectivity index (χ4n) is 1.03. The van der Waals surface area contributed by atoms with Crippen LogP contribution in [0.1, 0.15) is 12.6 Å². The molecule has 1 N–H and O–H groups in total. The highest BCUT2D eigenvalue weighted by Gasteiger charge is 1.97. The Morgan fingerprint density at radius 3 is 3.08 bits per heavy atom. The summed E-state index contributed by atoms with van der Waals surface area (Å²) >= 11 is 0. The van der Waals surface area contributed by atoms with Gasteiger partial charge in [0, 0.05) is 12.7 Å². The molecule has 0 saturated heterocycles. The maximum atomic E-state index is 5.51. The molecule has 1 rings (SSSR count).